The minimum atomic E-state index is -0.0975. The lowest BCUT2D eigenvalue weighted by Gasteiger charge is -2.23. The Hall–Kier alpha value is -0.500. The first-order valence-corrected chi connectivity index (χ1v) is 5.91. The minimum absolute atomic E-state index is 0.0975. The zero-order valence-corrected chi connectivity index (χ0v) is 8.53. The van der Waals surface area contributed by atoms with Crippen LogP contribution in [0.25, 0.3) is 0 Å². The van der Waals surface area contributed by atoms with Gasteiger partial charge in [0.15, 0.2) is 0 Å². The molecule has 0 bridgehead atoms. The molecule has 1 atom stereocenters. The van der Waals surface area contributed by atoms with Crippen molar-refractivity contribution < 1.29 is 4.39 Å². The van der Waals surface area contributed by atoms with Crippen molar-refractivity contribution in [2.45, 2.75) is 24.5 Å². The molecule has 0 aromatic heterocycles. The van der Waals surface area contributed by atoms with Gasteiger partial charge in [0.2, 0.25) is 0 Å². The summed E-state index contributed by atoms with van der Waals surface area (Å²) in [5, 5.41) is 0.513. The fourth-order valence-corrected chi connectivity index (χ4v) is 2.85. The number of rotatable bonds is 1. The van der Waals surface area contributed by atoms with E-state index >= 15 is 0 Å². The largest absolute Gasteiger partial charge is 0.207 e. The maximum atomic E-state index is 13.0. The zero-order valence-electron chi connectivity index (χ0n) is 7.72. The molecule has 1 unspecified atom stereocenters. The average Bonchev–Trinajstić information content (AvgIpc) is 2.17. The van der Waals surface area contributed by atoms with Gasteiger partial charge >= 0.3 is 0 Å². The molecule has 0 amide bonds. The van der Waals surface area contributed by atoms with E-state index in [0.717, 1.165) is 6.42 Å². The molecule has 0 spiro atoms. The van der Waals surface area contributed by atoms with E-state index in [-0.39, 0.29) is 5.82 Å². The van der Waals surface area contributed by atoms with Crippen molar-refractivity contribution in [3.8, 4) is 0 Å². The van der Waals surface area contributed by atoms with E-state index in [9.17, 15) is 4.39 Å². The number of hydrogen-bond donors (Lipinski definition) is 0. The molecule has 0 heterocycles. The standard InChI is InChI=1S/C11H13FS/c1-13-11-4-2-3-8-5-6-9(12)7-10(8)11/h5-7,11H,2-4H2,1H3. The molecular weight excluding hydrogens is 183 g/mol. The summed E-state index contributed by atoms with van der Waals surface area (Å²) in [5.41, 5.74) is 2.56. The first-order chi connectivity index (χ1) is 6.31. The quantitative estimate of drug-likeness (QED) is 0.661. The van der Waals surface area contributed by atoms with Crippen LogP contribution in [0.3, 0.4) is 0 Å². The summed E-state index contributed by atoms with van der Waals surface area (Å²) in [6.45, 7) is 0. The maximum absolute atomic E-state index is 13.0. The van der Waals surface area contributed by atoms with Gasteiger partial charge in [0.05, 0.1) is 0 Å². The van der Waals surface area contributed by atoms with Gasteiger partial charge in [-0.25, -0.2) is 4.39 Å². The van der Waals surface area contributed by atoms with Gasteiger partial charge in [-0.2, -0.15) is 11.8 Å². The van der Waals surface area contributed by atoms with Crippen LogP contribution in [0.15, 0.2) is 18.2 Å². The lowest BCUT2D eigenvalue weighted by Crippen LogP contribution is -2.07. The fourth-order valence-electron chi connectivity index (χ4n) is 1.97. The molecule has 13 heavy (non-hydrogen) atoms. The molecule has 0 nitrogen and oxygen atoms in total. The summed E-state index contributed by atoms with van der Waals surface area (Å²) in [6.07, 6.45) is 5.65. The van der Waals surface area contributed by atoms with Crippen LogP contribution in [0.1, 0.15) is 29.2 Å². The van der Waals surface area contributed by atoms with Crippen LogP contribution in [0.5, 0.6) is 0 Å². The molecule has 0 saturated carbocycles. The molecule has 70 valence electrons. The molecule has 2 rings (SSSR count). The third-order valence-corrected chi connectivity index (χ3v) is 3.71. The van der Waals surface area contributed by atoms with Crippen molar-refractivity contribution >= 4 is 11.8 Å². The van der Waals surface area contributed by atoms with Gasteiger partial charge in [0, 0.05) is 5.25 Å². The molecule has 0 radical (unpaired) electrons. The van der Waals surface area contributed by atoms with E-state index in [1.807, 2.05) is 17.8 Å². The maximum Gasteiger partial charge on any atom is 0.123 e. The molecule has 1 aromatic rings. The molecule has 2 heteroatoms. The van der Waals surface area contributed by atoms with Gasteiger partial charge in [0.1, 0.15) is 5.82 Å². The topological polar surface area (TPSA) is 0 Å². The first kappa shape index (κ1) is 9.07. The van der Waals surface area contributed by atoms with Gasteiger partial charge in [-0.05, 0) is 48.8 Å². The minimum Gasteiger partial charge on any atom is -0.207 e. The Kier molecular flexibility index (Phi) is 2.58. The van der Waals surface area contributed by atoms with Crippen molar-refractivity contribution in [1.29, 1.82) is 0 Å². The highest BCUT2D eigenvalue weighted by molar-refractivity contribution is 7.98. The Morgan fingerprint density at radius 1 is 1.46 bits per heavy atom. The van der Waals surface area contributed by atoms with E-state index in [4.69, 9.17) is 0 Å². The van der Waals surface area contributed by atoms with Crippen molar-refractivity contribution in [3.05, 3.63) is 35.1 Å². The monoisotopic (exact) mass is 196 g/mol. The molecule has 1 aliphatic carbocycles. The number of halogens is 1. The molecule has 0 saturated heterocycles. The predicted molar refractivity (Wildman–Crippen MR) is 55.6 cm³/mol. The fraction of sp³-hybridized carbons (Fsp3) is 0.455. The Labute approximate surface area is 82.5 Å². The lowest BCUT2D eigenvalue weighted by atomic mass is 9.91. The van der Waals surface area contributed by atoms with E-state index in [1.165, 1.54) is 24.0 Å². The number of fused-ring (bicyclic) bond motifs is 1. The second-order valence-corrected chi connectivity index (χ2v) is 4.50. The summed E-state index contributed by atoms with van der Waals surface area (Å²) < 4.78 is 13.0. The normalized spacial score (nSPS) is 21.2. The van der Waals surface area contributed by atoms with Crippen LogP contribution in [0, 0.1) is 5.82 Å². The van der Waals surface area contributed by atoms with E-state index in [1.54, 1.807) is 12.1 Å². The highest BCUT2D eigenvalue weighted by Crippen LogP contribution is 2.38. The molecular formula is C11H13FS. The van der Waals surface area contributed by atoms with E-state index in [0.29, 0.717) is 5.25 Å². The van der Waals surface area contributed by atoms with Crippen molar-refractivity contribution in [2.24, 2.45) is 0 Å². The average molecular weight is 196 g/mol. The van der Waals surface area contributed by atoms with Gasteiger partial charge in [-0.15, -0.1) is 0 Å². The number of benzene rings is 1. The van der Waals surface area contributed by atoms with E-state index in [2.05, 4.69) is 6.26 Å². The van der Waals surface area contributed by atoms with Gasteiger partial charge in [-0.3, -0.25) is 0 Å². The Morgan fingerprint density at radius 2 is 2.31 bits per heavy atom. The predicted octanol–water partition coefficient (Wildman–Crippen LogP) is 3.57. The third-order valence-electron chi connectivity index (χ3n) is 2.65. The summed E-state index contributed by atoms with van der Waals surface area (Å²) in [4.78, 5) is 0. The van der Waals surface area contributed by atoms with Crippen LogP contribution in [-0.2, 0) is 6.42 Å². The Balaban J connectivity index is 2.41. The first-order valence-electron chi connectivity index (χ1n) is 4.62. The third kappa shape index (κ3) is 1.73. The van der Waals surface area contributed by atoms with Crippen LogP contribution in [0.2, 0.25) is 0 Å². The molecule has 0 fully saturated rings. The lowest BCUT2D eigenvalue weighted by molar-refractivity contribution is 0.612. The second kappa shape index (κ2) is 3.70. The highest BCUT2D eigenvalue weighted by Gasteiger charge is 2.19. The summed E-state index contributed by atoms with van der Waals surface area (Å²) >= 11 is 1.83. The van der Waals surface area contributed by atoms with Gasteiger partial charge in [0.25, 0.3) is 0 Å². The molecule has 1 aliphatic rings. The van der Waals surface area contributed by atoms with Gasteiger partial charge in [-0.1, -0.05) is 6.07 Å². The van der Waals surface area contributed by atoms with Crippen molar-refractivity contribution in [3.63, 3.8) is 0 Å². The Bertz CT molecular complexity index is 309. The van der Waals surface area contributed by atoms with Crippen LogP contribution < -0.4 is 0 Å². The SMILES string of the molecule is CSC1CCCc2ccc(F)cc21. The number of thioether (sulfide) groups is 1. The Morgan fingerprint density at radius 3 is 3.08 bits per heavy atom. The van der Waals surface area contributed by atoms with Gasteiger partial charge < -0.3 is 0 Å². The highest BCUT2D eigenvalue weighted by atomic mass is 32.2. The molecule has 0 N–H and O–H groups in total. The van der Waals surface area contributed by atoms with Crippen molar-refractivity contribution in [1.82, 2.24) is 0 Å². The molecule has 0 aliphatic heterocycles. The number of aryl methyl sites for hydroxylation is 1. The zero-order chi connectivity index (χ0) is 9.26. The van der Waals surface area contributed by atoms with E-state index < -0.39 is 0 Å². The summed E-state index contributed by atoms with van der Waals surface area (Å²) in [7, 11) is 0. The molecule has 1 aromatic carbocycles. The van der Waals surface area contributed by atoms with Crippen LogP contribution >= 0.6 is 11.8 Å². The van der Waals surface area contributed by atoms with Crippen molar-refractivity contribution in [2.75, 3.05) is 6.26 Å². The smallest absolute Gasteiger partial charge is 0.123 e. The van der Waals surface area contributed by atoms with Crippen LogP contribution in [-0.4, -0.2) is 6.26 Å². The second-order valence-electron chi connectivity index (χ2n) is 3.46. The summed E-state index contributed by atoms with van der Waals surface area (Å²) in [5.74, 6) is -0.0975. The van der Waals surface area contributed by atoms with Crippen LogP contribution in [0.4, 0.5) is 4.39 Å². The summed E-state index contributed by atoms with van der Waals surface area (Å²) in [6, 6.07) is 5.21. The number of hydrogen-bond acceptors (Lipinski definition) is 1.